The molecule has 7 nitrogen and oxygen atoms in total. The van der Waals surface area contributed by atoms with Gasteiger partial charge in [-0.15, -0.1) is 0 Å². The van der Waals surface area contributed by atoms with E-state index in [4.69, 9.17) is 25.8 Å². The summed E-state index contributed by atoms with van der Waals surface area (Å²) in [6.45, 7) is 0.0780. The summed E-state index contributed by atoms with van der Waals surface area (Å²) in [5, 5.41) is 14.2. The van der Waals surface area contributed by atoms with Crippen LogP contribution in [0.15, 0.2) is 41.5 Å². The molecule has 0 fully saturated rings. The van der Waals surface area contributed by atoms with Crippen LogP contribution in [0, 0.1) is 0 Å². The lowest BCUT2D eigenvalue weighted by Gasteiger charge is -2.24. The zero-order chi connectivity index (χ0) is 17.8. The van der Waals surface area contributed by atoms with Gasteiger partial charge < -0.3 is 19.3 Å². The molecule has 2 aromatic rings. The number of para-hydroxylation sites is 2. The van der Waals surface area contributed by atoms with Crippen LogP contribution in [-0.2, 0) is 4.79 Å². The van der Waals surface area contributed by atoms with Crippen molar-refractivity contribution in [1.29, 1.82) is 0 Å². The van der Waals surface area contributed by atoms with Crippen LogP contribution in [0.3, 0.4) is 0 Å². The minimum atomic E-state index is -0.824. The van der Waals surface area contributed by atoms with E-state index < -0.39 is 12.0 Å². The number of nitrogens with one attached hydrogen (secondary N) is 1. The van der Waals surface area contributed by atoms with E-state index in [9.17, 15) is 9.90 Å². The molecule has 1 heterocycles. The van der Waals surface area contributed by atoms with Crippen LogP contribution < -0.4 is 19.6 Å². The van der Waals surface area contributed by atoms with Crippen LogP contribution in [0.4, 0.5) is 0 Å². The highest BCUT2D eigenvalue weighted by Crippen LogP contribution is 2.32. The molecule has 0 aromatic heterocycles. The van der Waals surface area contributed by atoms with E-state index in [2.05, 4.69) is 10.5 Å². The molecule has 0 bridgehead atoms. The number of carbonyl (C=O) groups excluding carboxylic acids is 1. The van der Waals surface area contributed by atoms with Crippen LogP contribution >= 0.6 is 11.6 Å². The molecule has 2 aromatic carbocycles. The largest absolute Gasteiger partial charge is 0.504 e. The fourth-order valence-corrected chi connectivity index (χ4v) is 2.45. The molecule has 0 spiro atoms. The number of hydrazone groups is 1. The number of amides is 1. The number of halogens is 1. The summed E-state index contributed by atoms with van der Waals surface area (Å²) in [5.74, 6) is 0.692. The number of fused-ring (bicyclic) bond motifs is 1. The topological polar surface area (TPSA) is 89.4 Å². The molecule has 1 aliphatic heterocycles. The van der Waals surface area contributed by atoms with Gasteiger partial charge in [0.25, 0.3) is 5.91 Å². The molecule has 3 rings (SSSR count). The molecule has 130 valence electrons. The number of benzene rings is 2. The smallest absolute Gasteiger partial charge is 0.284 e. The molecule has 0 aliphatic carbocycles. The summed E-state index contributed by atoms with van der Waals surface area (Å²) in [6, 6.07) is 10.0. The van der Waals surface area contributed by atoms with Gasteiger partial charge in [0.1, 0.15) is 6.61 Å². The van der Waals surface area contributed by atoms with E-state index in [1.54, 1.807) is 18.2 Å². The van der Waals surface area contributed by atoms with Crippen molar-refractivity contribution >= 4 is 23.7 Å². The molecular formula is C17H15ClN2O5. The number of ether oxygens (including phenoxy) is 3. The fourth-order valence-electron chi connectivity index (χ4n) is 2.23. The van der Waals surface area contributed by atoms with E-state index >= 15 is 0 Å². The Morgan fingerprint density at radius 1 is 1.40 bits per heavy atom. The van der Waals surface area contributed by atoms with Gasteiger partial charge in [0.05, 0.1) is 13.3 Å². The van der Waals surface area contributed by atoms with Crippen LogP contribution in [0.25, 0.3) is 0 Å². The molecule has 1 atom stereocenters. The van der Waals surface area contributed by atoms with E-state index in [-0.39, 0.29) is 18.1 Å². The normalized spacial score (nSPS) is 15.8. The second-order valence-electron chi connectivity index (χ2n) is 5.14. The molecular weight excluding hydrogens is 348 g/mol. The van der Waals surface area contributed by atoms with E-state index in [0.29, 0.717) is 22.1 Å². The van der Waals surface area contributed by atoms with Crippen LogP contribution in [0.1, 0.15) is 5.56 Å². The first-order valence-electron chi connectivity index (χ1n) is 7.36. The second kappa shape index (κ2) is 7.31. The summed E-state index contributed by atoms with van der Waals surface area (Å²) in [6.07, 6.45) is 0.439. The van der Waals surface area contributed by atoms with E-state index in [0.717, 1.165) is 0 Å². The van der Waals surface area contributed by atoms with E-state index in [1.165, 1.54) is 25.5 Å². The van der Waals surface area contributed by atoms with Gasteiger partial charge in [-0.25, -0.2) is 5.43 Å². The number of rotatable bonds is 4. The Morgan fingerprint density at radius 2 is 2.16 bits per heavy atom. The average Bonchev–Trinajstić information content (AvgIpc) is 2.63. The molecule has 0 saturated heterocycles. The zero-order valence-electron chi connectivity index (χ0n) is 13.2. The maximum absolute atomic E-state index is 12.1. The quantitative estimate of drug-likeness (QED) is 0.643. The lowest BCUT2D eigenvalue weighted by atomic mass is 10.2. The average molecular weight is 363 g/mol. The van der Waals surface area contributed by atoms with Gasteiger partial charge in [-0.2, -0.15) is 5.10 Å². The number of phenolic OH excluding ortho intramolecular Hbond substituents is 1. The number of hydrogen-bond donors (Lipinski definition) is 2. The minimum Gasteiger partial charge on any atom is -0.504 e. The number of methoxy groups -OCH3 is 1. The first-order valence-corrected chi connectivity index (χ1v) is 7.74. The van der Waals surface area contributed by atoms with Gasteiger partial charge in [-0.05, 0) is 18.2 Å². The minimum absolute atomic E-state index is 0.0780. The van der Waals surface area contributed by atoms with E-state index in [1.807, 2.05) is 6.07 Å². The second-order valence-corrected chi connectivity index (χ2v) is 5.58. The van der Waals surface area contributed by atoms with Crippen molar-refractivity contribution in [3.05, 3.63) is 47.0 Å². The Balaban J connectivity index is 1.65. The summed E-state index contributed by atoms with van der Waals surface area (Å²) < 4.78 is 16.1. The Labute approximate surface area is 148 Å². The van der Waals surface area contributed by atoms with Crippen LogP contribution in [0.5, 0.6) is 23.0 Å². The highest BCUT2D eigenvalue weighted by Gasteiger charge is 2.27. The Bertz CT molecular complexity index is 825. The van der Waals surface area contributed by atoms with Gasteiger partial charge in [0.15, 0.2) is 23.0 Å². The third-order valence-electron chi connectivity index (χ3n) is 3.47. The van der Waals surface area contributed by atoms with Crippen molar-refractivity contribution in [2.24, 2.45) is 5.10 Å². The van der Waals surface area contributed by atoms with Crippen molar-refractivity contribution in [2.75, 3.05) is 13.7 Å². The molecule has 1 amide bonds. The maximum atomic E-state index is 12.1. The predicted molar refractivity (Wildman–Crippen MR) is 91.8 cm³/mol. The highest BCUT2D eigenvalue weighted by atomic mass is 35.5. The Kier molecular flexibility index (Phi) is 4.95. The van der Waals surface area contributed by atoms with Crippen LogP contribution in [0.2, 0.25) is 5.02 Å². The van der Waals surface area contributed by atoms with Gasteiger partial charge in [-0.1, -0.05) is 23.7 Å². The van der Waals surface area contributed by atoms with Gasteiger partial charge in [0, 0.05) is 16.7 Å². The molecule has 0 saturated carbocycles. The third-order valence-corrected chi connectivity index (χ3v) is 3.69. The summed E-state index contributed by atoms with van der Waals surface area (Å²) >= 11 is 5.94. The molecule has 8 heteroatoms. The van der Waals surface area contributed by atoms with Crippen LogP contribution in [-0.4, -0.2) is 37.0 Å². The lowest BCUT2D eigenvalue weighted by Crippen LogP contribution is -2.42. The monoisotopic (exact) mass is 362 g/mol. The van der Waals surface area contributed by atoms with Crippen molar-refractivity contribution in [2.45, 2.75) is 6.10 Å². The SMILES string of the molecule is COc1cc(Cl)cc(/C=N/NC(=O)C2COc3ccccc3O2)c1O. The first kappa shape index (κ1) is 16.9. The van der Waals surface area contributed by atoms with Crippen molar-refractivity contribution in [1.82, 2.24) is 5.43 Å². The third kappa shape index (κ3) is 3.77. The van der Waals surface area contributed by atoms with Gasteiger partial charge >= 0.3 is 0 Å². The zero-order valence-corrected chi connectivity index (χ0v) is 14.0. The molecule has 25 heavy (non-hydrogen) atoms. The predicted octanol–water partition coefficient (Wildman–Crippen LogP) is 2.34. The number of nitrogens with zero attached hydrogens (tertiary/aromatic N) is 1. The molecule has 1 unspecified atom stereocenters. The number of hydrogen-bond acceptors (Lipinski definition) is 6. The van der Waals surface area contributed by atoms with Crippen molar-refractivity contribution < 1.29 is 24.1 Å². The summed E-state index contributed by atoms with van der Waals surface area (Å²) in [4.78, 5) is 12.1. The number of phenols is 1. The van der Waals surface area contributed by atoms with Gasteiger partial charge in [-0.3, -0.25) is 4.79 Å². The number of carbonyl (C=O) groups is 1. The summed E-state index contributed by atoms with van der Waals surface area (Å²) in [7, 11) is 1.41. The first-order chi connectivity index (χ1) is 12.1. The molecule has 0 radical (unpaired) electrons. The fraction of sp³-hybridized carbons (Fsp3) is 0.176. The molecule has 1 aliphatic rings. The molecule has 2 N–H and O–H groups in total. The lowest BCUT2D eigenvalue weighted by molar-refractivity contribution is -0.130. The van der Waals surface area contributed by atoms with Crippen molar-refractivity contribution in [3.8, 4) is 23.0 Å². The standard InChI is InChI=1S/C17H15ClN2O5/c1-23-14-7-11(18)6-10(16(14)21)8-19-20-17(22)15-9-24-12-4-2-3-5-13(12)25-15/h2-8,15,21H,9H2,1H3,(H,20,22)/b19-8+. The highest BCUT2D eigenvalue weighted by molar-refractivity contribution is 6.31. The maximum Gasteiger partial charge on any atom is 0.284 e. The Hall–Kier alpha value is -2.93. The summed E-state index contributed by atoms with van der Waals surface area (Å²) in [5.41, 5.74) is 2.65. The van der Waals surface area contributed by atoms with Gasteiger partial charge in [0.2, 0.25) is 6.10 Å². The Morgan fingerprint density at radius 3 is 2.92 bits per heavy atom. The number of aromatic hydroxyl groups is 1. The van der Waals surface area contributed by atoms with Crippen molar-refractivity contribution in [3.63, 3.8) is 0 Å².